The SMILES string of the molecule is CC(C)N1C2CCN(C)CC2C1CCN1CCN(C)CC1. The molecule has 4 nitrogen and oxygen atoms in total. The van der Waals surface area contributed by atoms with E-state index in [9.17, 15) is 0 Å². The standard InChI is InChI=1S/C17H34N4/c1-14(2)21-16-5-7-19(4)13-15(16)17(21)6-8-20-11-9-18(3)10-12-20/h14-17H,5-13H2,1-4H3. The van der Waals surface area contributed by atoms with Crippen LogP contribution in [0.5, 0.6) is 0 Å². The van der Waals surface area contributed by atoms with Crippen LogP contribution in [0.2, 0.25) is 0 Å². The van der Waals surface area contributed by atoms with Crippen LogP contribution in [0, 0.1) is 5.92 Å². The molecule has 0 spiro atoms. The second-order valence-electron chi connectivity index (χ2n) is 7.82. The lowest BCUT2D eigenvalue weighted by atomic mass is 9.73. The van der Waals surface area contributed by atoms with E-state index in [4.69, 9.17) is 0 Å². The van der Waals surface area contributed by atoms with Gasteiger partial charge in [0.1, 0.15) is 0 Å². The Balaban J connectivity index is 1.53. The first-order valence-corrected chi connectivity index (χ1v) is 8.93. The number of hydrogen-bond acceptors (Lipinski definition) is 4. The van der Waals surface area contributed by atoms with Crippen molar-refractivity contribution in [1.29, 1.82) is 0 Å². The summed E-state index contributed by atoms with van der Waals surface area (Å²) in [5.41, 5.74) is 0. The molecule has 3 unspecified atom stereocenters. The van der Waals surface area contributed by atoms with Crippen molar-refractivity contribution in [3.63, 3.8) is 0 Å². The highest BCUT2D eigenvalue weighted by Crippen LogP contribution is 2.41. The minimum absolute atomic E-state index is 0.715. The van der Waals surface area contributed by atoms with Gasteiger partial charge in [-0.2, -0.15) is 0 Å². The summed E-state index contributed by atoms with van der Waals surface area (Å²) in [7, 11) is 4.54. The molecule has 0 radical (unpaired) electrons. The van der Waals surface area contributed by atoms with Crippen LogP contribution in [0.25, 0.3) is 0 Å². The lowest BCUT2D eigenvalue weighted by Gasteiger charge is -2.61. The normalized spacial score (nSPS) is 36.7. The summed E-state index contributed by atoms with van der Waals surface area (Å²) in [6.45, 7) is 13.7. The Morgan fingerprint density at radius 3 is 2.33 bits per heavy atom. The van der Waals surface area contributed by atoms with Crippen molar-refractivity contribution in [2.24, 2.45) is 5.92 Å². The number of hydrogen-bond donors (Lipinski definition) is 0. The van der Waals surface area contributed by atoms with Gasteiger partial charge in [0.15, 0.2) is 0 Å². The monoisotopic (exact) mass is 294 g/mol. The lowest BCUT2D eigenvalue weighted by molar-refractivity contribution is -0.119. The first-order valence-electron chi connectivity index (χ1n) is 8.93. The van der Waals surface area contributed by atoms with E-state index in [0.29, 0.717) is 6.04 Å². The smallest absolute Gasteiger partial charge is 0.0169 e. The first-order chi connectivity index (χ1) is 10.1. The van der Waals surface area contributed by atoms with E-state index in [2.05, 4.69) is 47.5 Å². The fourth-order valence-corrected chi connectivity index (χ4v) is 4.77. The maximum atomic E-state index is 2.83. The molecule has 21 heavy (non-hydrogen) atoms. The van der Waals surface area contributed by atoms with Crippen molar-refractivity contribution in [1.82, 2.24) is 19.6 Å². The van der Waals surface area contributed by atoms with Crippen molar-refractivity contribution < 1.29 is 0 Å². The molecule has 0 N–H and O–H groups in total. The molecule has 0 aliphatic carbocycles. The molecule has 3 fully saturated rings. The fourth-order valence-electron chi connectivity index (χ4n) is 4.77. The molecule has 4 heteroatoms. The number of likely N-dealkylation sites (tertiary alicyclic amines) is 2. The zero-order valence-electron chi connectivity index (χ0n) is 14.5. The predicted octanol–water partition coefficient (Wildman–Crippen LogP) is 1.04. The average Bonchev–Trinajstić information content (AvgIpc) is 2.43. The van der Waals surface area contributed by atoms with Crippen molar-refractivity contribution in [3.05, 3.63) is 0 Å². The number of fused-ring (bicyclic) bond motifs is 1. The van der Waals surface area contributed by atoms with Crippen LogP contribution in [-0.2, 0) is 0 Å². The summed E-state index contributed by atoms with van der Waals surface area (Å²) in [6, 6.07) is 2.42. The second kappa shape index (κ2) is 6.53. The Kier molecular flexibility index (Phi) is 4.89. The first kappa shape index (κ1) is 15.7. The fraction of sp³-hybridized carbons (Fsp3) is 1.00. The number of piperazine rings is 1. The van der Waals surface area contributed by atoms with E-state index in [1.54, 1.807) is 0 Å². The van der Waals surface area contributed by atoms with E-state index in [1.807, 2.05) is 0 Å². The predicted molar refractivity (Wildman–Crippen MR) is 88.7 cm³/mol. The van der Waals surface area contributed by atoms with Gasteiger partial charge in [-0.15, -0.1) is 0 Å². The highest BCUT2D eigenvalue weighted by atomic mass is 15.3. The van der Waals surface area contributed by atoms with Gasteiger partial charge in [-0.3, -0.25) is 4.90 Å². The van der Waals surface area contributed by atoms with Crippen molar-refractivity contribution in [2.75, 3.05) is 59.9 Å². The zero-order valence-corrected chi connectivity index (χ0v) is 14.5. The third-order valence-electron chi connectivity index (χ3n) is 6.02. The highest BCUT2D eigenvalue weighted by molar-refractivity contribution is 5.05. The third-order valence-corrected chi connectivity index (χ3v) is 6.02. The van der Waals surface area contributed by atoms with Crippen LogP contribution < -0.4 is 0 Å². The van der Waals surface area contributed by atoms with Crippen LogP contribution in [0.1, 0.15) is 26.7 Å². The molecule has 3 atom stereocenters. The van der Waals surface area contributed by atoms with Gasteiger partial charge in [0.25, 0.3) is 0 Å². The molecule has 3 saturated heterocycles. The molecule has 3 rings (SSSR count). The summed E-state index contributed by atoms with van der Waals surface area (Å²) in [4.78, 5) is 10.5. The molecular weight excluding hydrogens is 260 g/mol. The van der Waals surface area contributed by atoms with Gasteiger partial charge in [0.05, 0.1) is 0 Å². The second-order valence-corrected chi connectivity index (χ2v) is 7.82. The van der Waals surface area contributed by atoms with Crippen molar-refractivity contribution in [3.8, 4) is 0 Å². The van der Waals surface area contributed by atoms with Crippen LogP contribution in [-0.4, -0.2) is 97.6 Å². The Labute approximate surface area is 131 Å². The van der Waals surface area contributed by atoms with Crippen LogP contribution >= 0.6 is 0 Å². The van der Waals surface area contributed by atoms with E-state index in [0.717, 1.165) is 18.0 Å². The summed E-state index contributed by atoms with van der Waals surface area (Å²) in [6.07, 6.45) is 2.75. The van der Waals surface area contributed by atoms with E-state index >= 15 is 0 Å². The van der Waals surface area contributed by atoms with Gasteiger partial charge >= 0.3 is 0 Å². The van der Waals surface area contributed by atoms with Gasteiger partial charge in [0.2, 0.25) is 0 Å². The maximum Gasteiger partial charge on any atom is 0.0169 e. The van der Waals surface area contributed by atoms with Gasteiger partial charge in [-0.05, 0) is 53.9 Å². The topological polar surface area (TPSA) is 13.0 Å². The minimum atomic E-state index is 0.715. The Bertz CT molecular complexity index is 338. The number of rotatable bonds is 4. The highest BCUT2D eigenvalue weighted by Gasteiger charge is 2.50. The zero-order chi connectivity index (χ0) is 15.0. The molecule has 3 aliphatic rings. The van der Waals surface area contributed by atoms with Crippen molar-refractivity contribution in [2.45, 2.75) is 44.8 Å². The molecule has 0 aromatic rings. The summed E-state index contributed by atoms with van der Waals surface area (Å²) in [5, 5.41) is 0. The van der Waals surface area contributed by atoms with Crippen LogP contribution in [0.3, 0.4) is 0 Å². The molecule has 3 aliphatic heterocycles. The molecule has 0 aromatic carbocycles. The van der Waals surface area contributed by atoms with Gasteiger partial charge in [-0.1, -0.05) is 0 Å². The van der Waals surface area contributed by atoms with E-state index in [-0.39, 0.29) is 0 Å². The molecule has 0 bridgehead atoms. The number of nitrogens with zero attached hydrogens (tertiary/aromatic N) is 4. The maximum absolute atomic E-state index is 2.83. The van der Waals surface area contributed by atoms with Gasteiger partial charge in [-0.25, -0.2) is 0 Å². The molecule has 0 saturated carbocycles. The quantitative estimate of drug-likeness (QED) is 0.768. The molecule has 122 valence electrons. The van der Waals surface area contributed by atoms with Crippen LogP contribution in [0.4, 0.5) is 0 Å². The van der Waals surface area contributed by atoms with Gasteiger partial charge in [0, 0.05) is 56.8 Å². The van der Waals surface area contributed by atoms with Crippen LogP contribution in [0.15, 0.2) is 0 Å². The van der Waals surface area contributed by atoms with Gasteiger partial charge < -0.3 is 14.7 Å². The Hall–Kier alpha value is -0.160. The Morgan fingerprint density at radius 1 is 0.952 bits per heavy atom. The van der Waals surface area contributed by atoms with Crippen molar-refractivity contribution >= 4 is 0 Å². The summed E-state index contributed by atoms with van der Waals surface area (Å²) < 4.78 is 0. The van der Waals surface area contributed by atoms with E-state index in [1.165, 1.54) is 58.7 Å². The minimum Gasteiger partial charge on any atom is -0.306 e. The molecule has 3 heterocycles. The number of piperidine rings is 1. The molecule has 0 aromatic heterocycles. The average molecular weight is 294 g/mol. The van der Waals surface area contributed by atoms with E-state index < -0.39 is 0 Å². The Morgan fingerprint density at radius 2 is 1.67 bits per heavy atom. The molecular formula is C17H34N4. The largest absolute Gasteiger partial charge is 0.306 e. The third kappa shape index (κ3) is 3.29. The number of likely N-dealkylation sites (N-methyl/N-ethyl adjacent to an activating group) is 1. The summed E-state index contributed by atoms with van der Waals surface area (Å²) >= 11 is 0. The molecule has 0 amide bonds. The lowest BCUT2D eigenvalue weighted by Crippen LogP contribution is -2.71. The summed E-state index contributed by atoms with van der Waals surface area (Å²) in [5.74, 6) is 0.929.